The molecule has 0 saturated carbocycles. The van der Waals surface area contributed by atoms with Crippen molar-refractivity contribution in [1.29, 1.82) is 0 Å². The normalized spacial score (nSPS) is 12.7. The van der Waals surface area contributed by atoms with Gasteiger partial charge in [-0.1, -0.05) is 32.8 Å². The van der Waals surface area contributed by atoms with E-state index in [4.69, 9.17) is 0 Å². The number of hydrogen-bond donors (Lipinski definition) is 1. The lowest BCUT2D eigenvalue weighted by atomic mass is 10.2. The van der Waals surface area contributed by atoms with Gasteiger partial charge in [0.25, 0.3) is 0 Å². The van der Waals surface area contributed by atoms with E-state index >= 15 is 0 Å². The molecule has 0 saturated heterocycles. The third-order valence-corrected chi connectivity index (χ3v) is 3.22. The van der Waals surface area contributed by atoms with Crippen LogP contribution in [-0.2, 0) is 0 Å². The molecule has 18 heavy (non-hydrogen) atoms. The smallest absolute Gasteiger partial charge is 0.219 e. The van der Waals surface area contributed by atoms with E-state index in [-0.39, 0.29) is 0 Å². The molecule has 1 rings (SSSR count). The predicted molar refractivity (Wildman–Crippen MR) is 71.1 cm³/mol. The summed E-state index contributed by atoms with van der Waals surface area (Å²) >= 11 is 0. The second-order valence-corrected chi connectivity index (χ2v) is 4.77. The molecular formula is C15H24F2N+. The van der Waals surface area contributed by atoms with Crippen molar-refractivity contribution in [3.05, 3.63) is 29.8 Å². The van der Waals surface area contributed by atoms with Gasteiger partial charge in [-0.15, -0.1) is 0 Å². The summed E-state index contributed by atoms with van der Waals surface area (Å²) in [6, 6.07) is 4.47. The molecule has 0 bridgehead atoms. The molecule has 0 aliphatic heterocycles. The Kier molecular flexibility index (Phi) is 6.88. The third kappa shape index (κ3) is 4.37. The molecule has 0 amide bonds. The van der Waals surface area contributed by atoms with E-state index in [2.05, 4.69) is 13.8 Å². The highest BCUT2D eigenvalue weighted by Crippen LogP contribution is 2.12. The first-order valence-corrected chi connectivity index (χ1v) is 6.99. The average Bonchev–Trinajstić information content (AvgIpc) is 2.37. The topological polar surface area (TPSA) is 4.44 Å². The Bertz CT molecular complexity index is 352. The molecule has 1 N–H and O–H groups in total. The van der Waals surface area contributed by atoms with Crippen molar-refractivity contribution in [3.8, 4) is 0 Å². The maximum absolute atomic E-state index is 13.8. The lowest BCUT2D eigenvalue weighted by molar-refractivity contribution is -0.834. The molecule has 1 nitrogen and oxygen atoms in total. The highest BCUT2D eigenvalue weighted by Gasteiger charge is 2.18. The highest BCUT2D eigenvalue weighted by atomic mass is 19.2. The van der Waals surface area contributed by atoms with Crippen molar-refractivity contribution in [1.82, 2.24) is 0 Å². The van der Waals surface area contributed by atoms with Crippen molar-refractivity contribution >= 4 is 5.69 Å². The third-order valence-electron chi connectivity index (χ3n) is 3.22. The zero-order valence-corrected chi connectivity index (χ0v) is 11.4. The molecule has 1 aromatic carbocycles. The Morgan fingerprint density at radius 3 is 2.39 bits per heavy atom. The molecule has 0 aliphatic rings. The van der Waals surface area contributed by atoms with E-state index in [9.17, 15) is 8.78 Å². The maximum atomic E-state index is 13.8. The molecule has 1 aromatic rings. The van der Waals surface area contributed by atoms with Gasteiger partial charge < -0.3 is 0 Å². The molecule has 0 radical (unpaired) electrons. The van der Waals surface area contributed by atoms with Crippen LogP contribution in [0.1, 0.15) is 46.0 Å². The van der Waals surface area contributed by atoms with Crippen LogP contribution in [0.3, 0.4) is 0 Å². The van der Waals surface area contributed by atoms with Gasteiger partial charge in [0.15, 0.2) is 11.5 Å². The first-order valence-electron chi connectivity index (χ1n) is 6.99. The number of quaternary nitrogens is 1. The fourth-order valence-electron chi connectivity index (χ4n) is 2.24. The molecule has 0 fully saturated rings. The van der Waals surface area contributed by atoms with Gasteiger partial charge in [-0.2, -0.15) is 4.39 Å². The van der Waals surface area contributed by atoms with Crippen LogP contribution in [0.5, 0.6) is 0 Å². The Labute approximate surface area is 109 Å². The second-order valence-electron chi connectivity index (χ2n) is 4.77. The highest BCUT2D eigenvalue weighted by molar-refractivity contribution is 5.31. The fraction of sp³-hybridized carbons (Fsp3) is 0.600. The predicted octanol–water partition coefficient (Wildman–Crippen LogP) is 3.47. The van der Waals surface area contributed by atoms with E-state index in [1.54, 1.807) is 12.1 Å². The van der Waals surface area contributed by atoms with Crippen LogP contribution in [-0.4, -0.2) is 13.1 Å². The largest absolute Gasteiger partial charge is 0.300 e. The minimum atomic E-state index is -0.741. The summed E-state index contributed by atoms with van der Waals surface area (Å²) in [5.41, 5.74) is 0.480. The summed E-state index contributed by atoms with van der Waals surface area (Å²) in [5.74, 6) is -1.42. The van der Waals surface area contributed by atoms with Crippen LogP contribution in [0.25, 0.3) is 0 Å². The van der Waals surface area contributed by atoms with Crippen LogP contribution >= 0.6 is 0 Å². The van der Waals surface area contributed by atoms with Crippen molar-refractivity contribution in [2.45, 2.75) is 46.0 Å². The Balaban J connectivity index is 2.68. The monoisotopic (exact) mass is 256 g/mol. The molecule has 102 valence electrons. The van der Waals surface area contributed by atoms with E-state index in [0.29, 0.717) is 5.69 Å². The molecule has 0 heterocycles. The van der Waals surface area contributed by atoms with Gasteiger partial charge in [-0.3, -0.25) is 4.90 Å². The molecular weight excluding hydrogens is 232 g/mol. The Morgan fingerprint density at radius 2 is 1.72 bits per heavy atom. The lowest BCUT2D eigenvalue weighted by Crippen LogP contribution is -3.07. The lowest BCUT2D eigenvalue weighted by Gasteiger charge is -2.19. The Morgan fingerprint density at radius 1 is 0.944 bits per heavy atom. The van der Waals surface area contributed by atoms with Crippen molar-refractivity contribution < 1.29 is 13.7 Å². The van der Waals surface area contributed by atoms with Gasteiger partial charge >= 0.3 is 0 Å². The molecule has 0 spiro atoms. The summed E-state index contributed by atoms with van der Waals surface area (Å²) in [7, 11) is 0. The van der Waals surface area contributed by atoms with Gasteiger partial charge in [0.1, 0.15) is 0 Å². The number of rotatable bonds is 8. The number of hydrogen-bond acceptors (Lipinski definition) is 0. The fourth-order valence-corrected chi connectivity index (χ4v) is 2.24. The van der Waals surface area contributed by atoms with Crippen LogP contribution in [0.2, 0.25) is 0 Å². The van der Waals surface area contributed by atoms with E-state index in [0.717, 1.165) is 30.8 Å². The quantitative estimate of drug-likeness (QED) is 0.679. The van der Waals surface area contributed by atoms with Crippen molar-refractivity contribution in [2.75, 3.05) is 13.1 Å². The zero-order chi connectivity index (χ0) is 13.4. The number of nitrogens with one attached hydrogen (secondary N) is 1. The molecule has 0 aromatic heterocycles. The van der Waals surface area contributed by atoms with E-state index in [1.807, 2.05) is 0 Å². The number of benzene rings is 1. The summed E-state index contributed by atoms with van der Waals surface area (Å²) < 4.78 is 27.0. The molecule has 1 atom stereocenters. The first kappa shape index (κ1) is 15.1. The molecule has 3 heteroatoms. The first-order chi connectivity index (χ1) is 8.70. The maximum Gasteiger partial charge on any atom is 0.219 e. The Hall–Kier alpha value is -0.960. The standard InChI is InChI=1S/C15H23F2N/c1-3-5-6-7-12-18(11-4-2)14-10-8-9-13(16)15(14)17/h8-10H,3-7,11-12H2,1-2H3/p+1. The van der Waals surface area contributed by atoms with Crippen LogP contribution < -0.4 is 4.90 Å². The minimum Gasteiger partial charge on any atom is -0.300 e. The average molecular weight is 256 g/mol. The van der Waals surface area contributed by atoms with Gasteiger partial charge in [-0.05, 0) is 25.3 Å². The van der Waals surface area contributed by atoms with Gasteiger partial charge in [0.05, 0.1) is 13.1 Å². The summed E-state index contributed by atoms with van der Waals surface area (Å²) in [6.45, 7) is 5.98. The molecule has 1 unspecified atom stereocenters. The van der Waals surface area contributed by atoms with E-state index < -0.39 is 11.6 Å². The summed E-state index contributed by atoms with van der Waals surface area (Å²) in [6.07, 6.45) is 5.61. The minimum absolute atomic E-state index is 0.480. The number of unbranched alkanes of at least 4 members (excludes halogenated alkanes) is 3. The second kappa shape index (κ2) is 8.20. The SMILES string of the molecule is CCCCCC[NH+](CCC)c1cccc(F)c1F. The zero-order valence-electron chi connectivity index (χ0n) is 11.4. The van der Waals surface area contributed by atoms with Crippen molar-refractivity contribution in [2.24, 2.45) is 0 Å². The summed E-state index contributed by atoms with van der Waals surface area (Å²) in [4.78, 5) is 1.06. The number of halogens is 2. The van der Waals surface area contributed by atoms with Crippen LogP contribution in [0.15, 0.2) is 18.2 Å². The van der Waals surface area contributed by atoms with Crippen molar-refractivity contribution in [3.63, 3.8) is 0 Å². The van der Waals surface area contributed by atoms with Gasteiger partial charge in [-0.25, -0.2) is 4.39 Å². The summed E-state index contributed by atoms with van der Waals surface area (Å²) in [5, 5.41) is 0. The molecule has 0 aliphatic carbocycles. The van der Waals surface area contributed by atoms with Crippen LogP contribution in [0, 0.1) is 11.6 Å². The van der Waals surface area contributed by atoms with Crippen LogP contribution in [0.4, 0.5) is 14.5 Å². The van der Waals surface area contributed by atoms with Gasteiger partial charge in [0.2, 0.25) is 5.82 Å². The van der Waals surface area contributed by atoms with E-state index in [1.165, 1.54) is 25.3 Å². The van der Waals surface area contributed by atoms with Gasteiger partial charge in [0, 0.05) is 6.07 Å².